The lowest BCUT2D eigenvalue weighted by atomic mass is 10.1. The molecule has 0 saturated carbocycles. The summed E-state index contributed by atoms with van der Waals surface area (Å²) in [6.45, 7) is 3.99. The van der Waals surface area contributed by atoms with Crippen LogP contribution >= 0.6 is 11.8 Å². The van der Waals surface area contributed by atoms with E-state index in [0.29, 0.717) is 11.6 Å². The Labute approximate surface area is 103 Å². The number of hydrogen-bond donors (Lipinski definition) is 1. The van der Waals surface area contributed by atoms with E-state index in [4.69, 9.17) is 9.52 Å². The molecule has 0 bridgehead atoms. The predicted molar refractivity (Wildman–Crippen MR) is 67.3 cm³/mol. The number of carboxylic acid groups (broad SMARTS) is 1. The van der Waals surface area contributed by atoms with Crippen LogP contribution in [0, 0.1) is 13.8 Å². The highest BCUT2D eigenvalue weighted by atomic mass is 32.2. The summed E-state index contributed by atoms with van der Waals surface area (Å²) in [5, 5.41) is 8.54. The van der Waals surface area contributed by atoms with Crippen LogP contribution in [0.15, 0.2) is 16.5 Å². The van der Waals surface area contributed by atoms with Crippen LogP contribution in [0.5, 0.6) is 0 Å². The SMILES string of the molecule is Cc1cc(C)c2oc(CSCC(=O)O)nc2c1. The van der Waals surface area contributed by atoms with Gasteiger partial charge in [0.25, 0.3) is 0 Å². The summed E-state index contributed by atoms with van der Waals surface area (Å²) >= 11 is 1.28. The molecule has 5 heteroatoms. The summed E-state index contributed by atoms with van der Waals surface area (Å²) in [6.07, 6.45) is 0. The van der Waals surface area contributed by atoms with Gasteiger partial charge in [-0.1, -0.05) is 6.07 Å². The average Bonchev–Trinajstić information content (AvgIpc) is 2.60. The highest BCUT2D eigenvalue weighted by Crippen LogP contribution is 2.23. The smallest absolute Gasteiger partial charge is 0.313 e. The van der Waals surface area contributed by atoms with E-state index in [1.165, 1.54) is 11.8 Å². The Hall–Kier alpha value is -1.49. The Balaban J connectivity index is 2.20. The second kappa shape index (κ2) is 4.79. The fourth-order valence-electron chi connectivity index (χ4n) is 1.71. The number of benzene rings is 1. The van der Waals surface area contributed by atoms with E-state index >= 15 is 0 Å². The first-order chi connectivity index (χ1) is 8.06. The summed E-state index contributed by atoms with van der Waals surface area (Å²) in [7, 11) is 0. The number of carbonyl (C=O) groups is 1. The van der Waals surface area contributed by atoms with Crippen LogP contribution < -0.4 is 0 Å². The van der Waals surface area contributed by atoms with Crippen molar-refractivity contribution in [3.63, 3.8) is 0 Å². The molecule has 0 radical (unpaired) electrons. The van der Waals surface area contributed by atoms with Gasteiger partial charge in [-0.3, -0.25) is 4.79 Å². The molecule has 0 saturated heterocycles. The lowest BCUT2D eigenvalue weighted by Gasteiger charge is -1.95. The van der Waals surface area contributed by atoms with E-state index in [0.717, 1.165) is 22.2 Å². The zero-order valence-electron chi connectivity index (χ0n) is 9.69. The molecule has 4 nitrogen and oxygen atoms in total. The molecule has 0 aliphatic rings. The molecule has 1 N–H and O–H groups in total. The lowest BCUT2D eigenvalue weighted by Crippen LogP contribution is -1.98. The summed E-state index contributed by atoms with van der Waals surface area (Å²) in [5.41, 5.74) is 3.84. The third-order valence-corrected chi connectivity index (χ3v) is 3.22. The van der Waals surface area contributed by atoms with Gasteiger partial charge in [0, 0.05) is 0 Å². The van der Waals surface area contributed by atoms with Crippen LogP contribution in [0.3, 0.4) is 0 Å². The van der Waals surface area contributed by atoms with Gasteiger partial charge in [0.2, 0.25) is 5.89 Å². The van der Waals surface area contributed by atoms with Gasteiger partial charge in [0.1, 0.15) is 5.52 Å². The van der Waals surface area contributed by atoms with Crippen molar-refractivity contribution in [2.24, 2.45) is 0 Å². The first-order valence-electron chi connectivity index (χ1n) is 5.22. The van der Waals surface area contributed by atoms with Crippen molar-refractivity contribution < 1.29 is 14.3 Å². The van der Waals surface area contributed by atoms with Crippen molar-refractivity contribution in [2.45, 2.75) is 19.6 Å². The molecule has 0 unspecified atom stereocenters. The molecule has 0 aliphatic heterocycles. The minimum atomic E-state index is -0.821. The van der Waals surface area contributed by atoms with Crippen molar-refractivity contribution in [3.8, 4) is 0 Å². The minimum Gasteiger partial charge on any atom is -0.481 e. The summed E-state index contributed by atoms with van der Waals surface area (Å²) in [6, 6.07) is 4.01. The normalized spacial score (nSPS) is 10.9. The zero-order chi connectivity index (χ0) is 12.4. The van der Waals surface area contributed by atoms with E-state index in [1.54, 1.807) is 0 Å². The molecule has 90 valence electrons. The number of thioether (sulfide) groups is 1. The number of aromatic nitrogens is 1. The molecule has 2 rings (SSSR count). The highest BCUT2D eigenvalue weighted by molar-refractivity contribution is 7.99. The molecule has 1 aromatic heterocycles. The van der Waals surface area contributed by atoms with Crippen LogP contribution in [0.25, 0.3) is 11.1 Å². The number of rotatable bonds is 4. The first-order valence-corrected chi connectivity index (χ1v) is 6.38. The van der Waals surface area contributed by atoms with Crippen molar-refractivity contribution >= 4 is 28.8 Å². The van der Waals surface area contributed by atoms with Crippen LogP contribution in [-0.2, 0) is 10.5 Å². The van der Waals surface area contributed by atoms with Gasteiger partial charge < -0.3 is 9.52 Å². The minimum absolute atomic E-state index is 0.0662. The molecule has 0 atom stereocenters. The molecule has 0 amide bonds. The van der Waals surface area contributed by atoms with Gasteiger partial charge in [0.15, 0.2) is 5.58 Å². The average molecular weight is 251 g/mol. The Bertz CT molecular complexity index is 562. The zero-order valence-corrected chi connectivity index (χ0v) is 10.5. The van der Waals surface area contributed by atoms with Crippen molar-refractivity contribution in [1.29, 1.82) is 0 Å². The number of aryl methyl sites for hydroxylation is 2. The van der Waals surface area contributed by atoms with Gasteiger partial charge in [-0.2, -0.15) is 0 Å². The second-order valence-electron chi connectivity index (χ2n) is 3.92. The number of hydrogen-bond acceptors (Lipinski definition) is 4. The Morgan fingerprint density at radius 2 is 2.24 bits per heavy atom. The second-order valence-corrected chi connectivity index (χ2v) is 4.91. The fraction of sp³-hybridized carbons (Fsp3) is 0.333. The monoisotopic (exact) mass is 251 g/mol. The lowest BCUT2D eigenvalue weighted by molar-refractivity contribution is -0.133. The van der Waals surface area contributed by atoms with E-state index in [-0.39, 0.29) is 5.75 Å². The van der Waals surface area contributed by atoms with Gasteiger partial charge >= 0.3 is 5.97 Å². The number of oxazole rings is 1. The molecular weight excluding hydrogens is 238 g/mol. The van der Waals surface area contributed by atoms with Crippen molar-refractivity contribution in [3.05, 3.63) is 29.2 Å². The van der Waals surface area contributed by atoms with E-state index in [2.05, 4.69) is 4.98 Å². The molecule has 1 heterocycles. The topological polar surface area (TPSA) is 63.3 Å². The van der Waals surface area contributed by atoms with Gasteiger partial charge in [0.05, 0.1) is 11.5 Å². The number of fused-ring (bicyclic) bond motifs is 1. The highest BCUT2D eigenvalue weighted by Gasteiger charge is 2.09. The Kier molecular flexibility index (Phi) is 3.38. The first kappa shape index (κ1) is 12.0. The summed E-state index contributed by atoms with van der Waals surface area (Å²) in [5.74, 6) is 0.314. The summed E-state index contributed by atoms with van der Waals surface area (Å²) in [4.78, 5) is 14.7. The van der Waals surface area contributed by atoms with Crippen molar-refractivity contribution in [2.75, 3.05) is 5.75 Å². The van der Waals surface area contributed by atoms with Gasteiger partial charge in [-0.05, 0) is 31.0 Å². The van der Waals surface area contributed by atoms with Crippen LogP contribution in [0.4, 0.5) is 0 Å². The van der Waals surface area contributed by atoms with E-state index < -0.39 is 5.97 Å². The van der Waals surface area contributed by atoms with E-state index in [9.17, 15) is 4.79 Å². The van der Waals surface area contributed by atoms with Crippen LogP contribution in [-0.4, -0.2) is 21.8 Å². The third-order valence-electron chi connectivity index (χ3n) is 2.32. The van der Waals surface area contributed by atoms with Crippen LogP contribution in [0.1, 0.15) is 17.0 Å². The number of nitrogens with zero attached hydrogens (tertiary/aromatic N) is 1. The molecule has 0 aliphatic carbocycles. The number of aliphatic carboxylic acids is 1. The summed E-state index contributed by atoms with van der Waals surface area (Å²) < 4.78 is 5.61. The van der Waals surface area contributed by atoms with Gasteiger partial charge in [-0.15, -0.1) is 11.8 Å². The Morgan fingerprint density at radius 1 is 1.47 bits per heavy atom. The maximum absolute atomic E-state index is 10.4. The fourth-order valence-corrected chi connectivity index (χ4v) is 2.28. The largest absolute Gasteiger partial charge is 0.481 e. The third kappa shape index (κ3) is 2.79. The van der Waals surface area contributed by atoms with Gasteiger partial charge in [-0.25, -0.2) is 4.98 Å². The molecule has 0 spiro atoms. The maximum atomic E-state index is 10.4. The molecular formula is C12H13NO3S. The maximum Gasteiger partial charge on any atom is 0.313 e. The molecule has 17 heavy (non-hydrogen) atoms. The standard InChI is InChI=1S/C12H13NO3S/c1-7-3-8(2)12-9(4-7)13-10(16-12)5-17-6-11(14)15/h3-4H,5-6H2,1-2H3,(H,14,15). The molecule has 2 aromatic rings. The molecule has 1 aromatic carbocycles. The predicted octanol–water partition coefficient (Wildman–Crippen LogP) is 2.76. The van der Waals surface area contributed by atoms with Crippen LogP contribution in [0.2, 0.25) is 0 Å². The Morgan fingerprint density at radius 3 is 2.94 bits per heavy atom. The molecule has 0 fully saturated rings. The number of carboxylic acids is 1. The van der Waals surface area contributed by atoms with Crippen molar-refractivity contribution in [1.82, 2.24) is 4.98 Å². The van der Waals surface area contributed by atoms with E-state index in [1.807, 2.05) is 26.0 Å². The quantitative estimate of drug-likeness (QED) is 0.905.